The first-order valence-corrected chi connectivity index (χ1v) is 22.6. The third kappa shape index (κ3) is 13.0. The second-order valence-corrected chi connectivity index (χ2v) is 17.3. The highest BCUT2D eigenvalue weighted by atomic mass is 79.9. The molecule has 1 aliphatic rings. The molecule has 22 heteroatoms. The number of amides is 4. The lowest BCUT2D eigenvalue weighted by molar-refractivity contribution is -0.114. The highest BCUT2D eigenvalue weighted by molar-refractivity contribution is 9.11. The van der Waals surface area contributed by atoms with E-state index in [-0.39, 0.29) is 11.9 Å². The van der Waals surface area contributed by atoms with Gasteiger partial charge in [-0.2, -0.15) is 0 Å². The van der Waals surface area contributed by atoms with Crippen molar-refractivity contribution in [1.82, 2.24) is 52.8 Å². The summed E-state index contributed by atoms with van der Waals surface area (Å²) < 4.78 is 15.4. The number of nitrogens with one attached hydrogen (secondary N) is 4. The zero-order valence-corrected chi connectivity index (χ0v) is 39.9. The van der Waals surface area contributed by atoms with Crippen LogP contribution in [0.2, 0.25) is 0 Å². The van der Waals surface area contributed by atoms with Gasteiger partial charge < -0.3 is 38.7 Å². The molecule has 0 bridgehead atoms. The normalized spacial score (nSPS) is 11.6. The SMILES string of the molecule is CC(=O)Nc1cn2ccc(Br)cc2n1.Nc1cn2ccc(Br)cc2n1.O=C(Nc1cn2ccc(-c3cncnc3)cc2n1)NC1CC1.O=C(Nc1cn2ccc(Br)cc2n1)Oc1ccccc1. The molecule has 10 aromatic rings. The van der Waals surface area contributed by atoms with Gasteiger partial charge in [-0.1, -0.05) is 66.0 Å². The number of benzene rings is 1. The molecule has 338 valence electrons. The lowest BCUT2D eigenvalue weighted by atomic mass is 10.1. The Morgan fingerprint density at radius 1 is 0.612 bits per heavy atom. The zero-order chi connectivity index (χ0) is 46.9. The fraction of sp³-hybridized carbons (Fsp3) is 0.0889. The van der Waals surface area contributed by atoms with Gasteiger partial charge in [-0.3, -0.25) is 15.4 Å². The molecule has 1 fully saturated rings. The lowest BCUT2D eigenvalue weighted by Crippen LogP contribution is -2.30. The van der Waals surface area contributed by atoms with Crippen LogP contribution in [-0.2, 0) is 4.79 Å². The second kappa shape index (κ2) is 21.1. The van der Waals surface area contributed by atoms with Crippen molar-refractivity contribution >= 4 is 112 Å². The summed E-state index contributed by atoms with van der Waals surface area (Å²) in [5, 5.41) is 10.8. The number of urea groups is 1. The minimum absolute atomic E-state index is 0.118. The fourth-order valence-corrected chi connectivity index (χ4v) is 7.12. The standard InChI is InChI=1S/C15H14N6O.C14H10BrN3O2.C9H8BrN3O.C7H6BrN3/c22-15(18-12-1-2-12)20-13-8-21-4-3-10(5-14(21)19-13)11-6-16-9-17-7-11;15-10-6-7-18-9-12(16-13(18)8-10)17-14(19)20-11-4-2-1-3-5-11;1-6(14)11-8-5-13-3-2-7(10)4-9(13)12-8;8-5-1-2-11-4-6(9)10-7(11)3-5/h3-9,12H,1-2H2,(H2,18,20,22);1-9H,(H,17,19);2-5H,1H3,(H,11,14);1-4H,9H2. The molecule has 0 atom stereocenters. The van der Waals surface area contributed by atoms with Crippen LogP contribution >= 0.6 is 47.8 Å². The average molecular weight is 1090 g/mol. The molecule has 4 amide bonds. The first-order valence-electron chi connectivity index (χ1n) is 20.2. The van der Waals surface area contributed by atoms with E-state index in [2.05, 4.69) is 99.0 Å². The van der Waals surface area contributed by atoms with E-state index in [1.54, 1.807) is 61.4 Å². The number of hydrogen-bond donors (Lipinski definition) is 5. The largest absolute Gasteiger partial charge is 0.418 e. The number of nitrogen functional groups attached to an aromatic ring is 1. The van der Waals surface area contributed by atoms with Gasteiger partial charge >= 0.3 is 12.1 Å². The summed E-state index contributed by atoms with van der Waals surface area (Å²) in [4.78, 5) is 59.3. The minimum Gasteiger partial charge on any atom is -0.410 e. The molecule has 0 radical (unpaired) electrons. The smallest absolute Gasteiger partial charge is 0.410 e. The van der Waals surface area contributed by atoms with Crippen molar-refractivity contribution in [2.75, 3.05) is 21.7 Å². The quantitative estimate of drug-likeness (QED) is 0.105. The van der Waals surface area contributed by atoms with Crippen molar-refractivity contribution in [1.29, 1.82) is 0 Å². The second-order valence-electron chi connectivity index (χ2n) is 14.6. The number of ether oxygens (including phenoxy) is 1. The molecule has 0 spiro atoms. The molecule has 1 aliphatic carbocycles. The molecule has 19 nitrogen and oxygen atoms in total. The van der Waals surface area contributed by atoms with E-state index >= 15 is 0 Å². The van der Waals surface area contributed by atoms with E-state index in [0.717, 1.165) is 60.0 Å². The molecule has 9 heterocycles. The molecule has 6 N–H and O–H groups in total. The summed E-state index contributed by atoms with van der Waals surface area (Å²) in [6.07, 6.45) is 21.1. The van der Waals surface area contributed by atoms with E-state index in [9.17, 15) is 14.4 Å². The summed E-state index contributed by atoms with van der Waals surface area (Å²) in [5.41, 5.74) is 10.5. The maximum atomic E-state index is 11.7. The molecular weight excluding hydrogens is 1050 g/mol. The highest BCUT2D eigenvalue weighted by Gasteiger charge is 2.23. The van der Waals surface area contributed by atoms with Gasteiger partial charge in [0, 0.05) is 69.1 Å². The number of rotatable bonds is 6. The van der Waals surface area contributed by atoms with E-state index in [4.69, 9.17) is 10.5 Å². The maximum absolute atomic E-state index is 11.7. The first-order chi connectivity index (χ1) is 32.4. The number of hydrogen-bond acceptors (Lipinski definition) is 11. The fourth-order valence-electron chi connectivity index (χ4n) is 6.15. The number of para-hydroxylation sites is 1. The number of imidazole rings is 4. The van der Waals surface area contributed by atoms with E-state index in [1.165, 1.54) is 13.3 Å². The lowest BCUT2D eigenvalue weighted by Gasteiger charge is -2.03. The summed E-state index contributed by atoms with van der Waals surface area (Å²) in [5.74, 6) is 2.44. The Labute approximate surface area is 406 Å². The van der Waals surface area contributed by atoms with Gasteiger partial charge in [0.1, 0.15) is 40.5 Å². The summed E-state index contributed by atoms with van der Waals surface area (Å²) in [7, 11) is 0. The van der Waals surface area contributed by atoms with Crippen LogP contribution in [0.4, 0.5) is 32.9 Å². The number of pyridine rings is 4. The number of carbonyl (C=O) groups excluding carboxylic acids is 3. The molecule has 67 heavy (non-hydrogen) atoms. The molecule has 0 aliphatic heterocycles. The van der Waals surface area contributed by atoms with Crippen LogP contribution in [0, 0.1) is 0 Å². The molecular formula is C45H38Br3N15O4. The molecule has 11 rings (SSSR count). The number of anilines is 4. The molecule has 1 saturated carbocycles. The van der Waals surface area contributed by atoms with E-state index in [0.29, 0.717) is 35.1 Å². The Kier molecular flexibility index (Phi) is 14.4. The predicted octanol–water partition coefficient (Wildman–Crippen LogP) is 9.52. The van der Waals surface area contributed by atoms with Crippen LogP contribution in [0.15, 0.2) is 161 Å². The van der Waals surface area contributed by atoms with Crippen molar-refractivity contribution in [2.24, 2.45) is 0 Å². The summed E-state index contributed by atoms with van der Waals surface area (Å²) in [6.45, 7) is 1.46. The van der Waals surface area contributed by atoms with Crippen molar-refractivity contribution in [3.05, 3.63) is 161 Å². The molecule has 0 saturated heterocycles. The number of carbonyl (C=O) groups is 3. The Bertz CT molecular complexity index is 3340. The van der Waals surface area contributed by atoms with Crippen molar-refractivity contribution in [3.8, 4) is 16.9 Å². The van der Waals surface area contributed by atoms with Gasteiger partial charge in [0.05, 0.1) is 24.8 Å². The van der Waals surface area contributed by atoms with Crippen LogP contribution in [0.25, 0.3) is 33.7 Å². The van der Waals surface area contributed by atoms with Gasteiger partial charge in [-0.05, 0) is 79.1 Å². The molecule has 1 aromatic carbocycles. The van der Waals surface area contributed by atoms with Gasteiger partial charge in [0.15, 0.2) is 17.5 Å². The van der Waals surface area contributed by atoms with Crippen LogP contribution < -0.4 is 31.7 Å². The number of nitrogens with zero attached hydrogens (tertiary/aromatic N) is 10. The third-order valence-corrected chi connectivity index (χ3v) is 10.8. The Morgan fingerprint density at radius 2 is 1.10 bits per heavy atom. The number of fused-ring (bicyclic) bond motifs is 4. The Morgan fingerprint density at radius 3 is 1.66 bits per heavy atom. The van der Waals surface area contributed by atoms with Crippen LogP contribution in [-0.4, -0.2) is 71.6 Å². The van der Waals surface area contributed by atoms with Crippen LogP contribution in [0.1, 0.15) is 19.8 Å². The van der Waals surface area contributed by atoms with Crippen molar-refractivity contribution < 1.29 is 19.1 Å². The Balaban J connectivity index is 0.000000125. The highest BCUT2D eigenvalue weighted by Crippen LogP contribution is 2.22. The minimum atomic E-state index is -0.571. The van der Waals surface area contributed by atoms with Crippen LogP contribution in [0.3, 0.4) is 0 Å². The van der Waals surface area contributed by atoms with Crippen molar-refractivity contribution in [3.63, 3.8) is 0 Å². The first kappa shape index (κ1) is 45.9. The topological polar surface area (TPSA) is 230 Å². The van der Waals surface area contributed by atoms with Gasteiger partial charge in [0.25, 0.3) is 0 Å². The van der Waals surface area contributed by atoms with Gasteiger partial charge in [-0.15, -0.1) is 0 Å². The van der Waals surface area contributed by atoms with Crippen LogP contribution in [0.5, 0.6) is 5.75 Å². The van der Waals surface area contributed by atoms with Gasteiger partial charge in [-0.25, -0.2) is 39.5 Å². The maximum Gasteiger partial charge on any atom is 0.418 e. The Hall–Kier alpha value is -7.69. The summed E-state index contributed by atoms with van der Waals surface area (Å²) in [6, 6.07) is 24.3. The molecule has 9 aromatic heterocycles. The number of nitrogens with two attached hydrogens (primary N) is 1. The monoisotopic (exact) mass is 1090 g/mol. The summed E-state index contributed by atoms with van der Waals surface area (Å²) >= 11 is 10.1. The third-order valence-electron chi connectivity index (χ3n) is 9.28. The van der Waals surface area contributed by atoms with Crippen molar-refractivity contribution in [2.45, 2.75) is 25.8 Å². The number of halogens is 3. The zero-order valence-electron chi connectivity index (χ0n) is 35.2. The average Bonchev–Trinajstić information content (AvgIpc) is 3.55. The predicted molar refractivity (Wildman–Crippen MR) is 265 cm³/mol. The molecule has 0 unspecified atom stereocenters. The van der Waals surface area contributed by atoms with E-state index < -0.39 is 6.09 Å². The van der Waals surface area contributed by atoms with Gasteiger partial charge in [0.2, 0.25) is 5.91 Å². The number of aromatic nitrogens is 10. The van der Waals surface area contributed by atoms with E-state index in [1.807, 2.05) is 97.0 Å².